The first-order chi connectivity index (χ1) is 9.60. The first-order valence-corrected chi connectivity index (χ1v) is 8.83. The van der Waals surface area contributed by atoms with Gasteiger partial charge in [0.2, 0.25) is 0 Å². The first-order valence-electron chi connectivity index (χ1n) is 7.24. The van der Waals surface area contributed by atoms with Gasteiger partial charge in [0, 0.05) is 31.7 Å². The average molecular weight is 407 g/mol. The van der Waals surface area contributed by atoms with Crippen molar-refractivity contribution in [1.82, 2.24) is 9.80 Å². The zero-order valence-corrected chi connectivity index (χ0v) is 14.9. The van der Waals surface area contributed by atoms with E-state index in [4.69, 9.17) is 10.2 Å². The van der Waals surface area contributed by atoms with E-state index in [0.29, 0.717) is 18.6 Å². The third-order valence-corrected chi connectivity index (χ3v) is 6.31. The molecule has 0 saturated carbocycles. The van der Waals surface area contributed by atoms with Crippen molar-refractivity contribution < 1.29 is 4.42 Å². The molecule has 2 aliphatic heterocycles. The van der Waals surface area contributed by atoms with Crippen LogP contribution in [0.1, 0.15) is 31.6 Å². The number of furan rings is 1. The van der Waals surface area contributed by atoms with Crippen LogP contribution in [0.25, 0.3) is 0 Å². The fraction of sp³-hybridized carbons (Fsp3) is 0.714. The molecule has 0 aliphatic carbocycles. The van der Waals surface area contributed by atoms with Gasteiger partial charge in [0.25, 0.3) is 0 Å². The standard InChI is InChI=1S/C14H21Br2N3O/c1-9-7-18-4-2-3-10(18)8-19(9)12(6-17)13-5-11(15)14(16)20-13/h5,9-10,12H,2-4,6-8,17H2,1H3. The topological polar surface area (TPSA) is 45.6 Å². The summed E-state index contributed by atoms with van der Waals surface area (Å²) >= 11 is 6.91. The van der Waals surface area contributed by atoms with Gasteiger partial charge in [0.15, 0.2) is 4.67 Å². The summed E-state index contributed by atoms with van der Waals surface area (Å²) in [7, 11) is 0. The SMILES string of the molecule is CC1CN2CCCC2CN1C(CN)c1cc(Br)c(Br)o1. The van der Waals surface area contributed by atoms with E-state index in [1.54, 1.807) is 0 Å². The van der Waals surface area contributed by atoms with Gasteiger partial charge in [-0.1, -0.05) is 0 Å². The highest BCUT2D eigenvalue weighted by molar-refractivity contribution is 9.13. The van der Waals surface area contributed by atoms with Crippen molar-refractivity contribution in [3.63, 3.8) is 0 Å². The Morgan fingerprint density at radius 1 is 1.45 bits per heavy atom. The predicted molar refractivity (Wildman–Crippen MR) is 86.7 cm³/mol. The average Bonchev–Trinajstić information content (AvgIpc) is 2.98. The lowest BCUT2D eigenvalue weighted by atomic mass is 10.0. The molecular weight excluding hydrogens is 386 g/mol. The monoisotopic (exact) mass is 405 g/mol. The molecule has 4 nitrogen and oxygen atoms in total. The molecule has 6 heteroatoms. The molecule has 112 valence electrons. The molecule has 3 rings (SSSR count). The lowest BCUT2D eigenvalue weighted by Gasteiger charge is -2.45. The van der Waals surface area contributed by atoms with Crippen molar-refractivity contribution in [1.29, 1.82) is 0 Å². The Bertz CT molecular complexity index is 459. The Morgan fingerprint density at radius 3 is 2.90 bits per heavy atom. The van der Waals surface area contributed by atoms with Gasteiger partial charge in [-0.05, 0) is 64.2 Å². The molecule has 1 aromatic rings. The van der Waals surface area contributed by atoms with E-state index in [9.17, 15) is 0 Å². The molecule has 0 spiro atoms. The summed E-state index contributed by atoms with van der Waals surface area (Å²) in [6, 6.07) is 3.41. The molecule has 0 aromatic carbocycles. The van der Waals surface area contributed by atoms with Crippen LogP contribution in [0.2, 0.25) is 0 Å². The maximum Gasteiger partial charge on any atom is 0.183 e. The molecule has 1 aromatic heterocycles. The van der Waals surface area contributed by atoms with Crippen LogP contribution < -0.4 is 5.73 Å². The summed E-state index contributed by atoms with van der Waals surface area (Å²) in [6.45, 7) is 6.38. The molecule has 3 heterocycles. The van der Waals surface area contributed by atoms with Crippen LogP contribution in [0.4, 0.5) is 0 Å². The summed E-state index contributed by atoms with van der Waals surface area (Å²) < 4.78 is 7.52. The highest BCUT2D eigenvalue weighted by Crippen LogP contribution is 2.35. The predicted octanol–water partition coefficient (Wildman–Crippen LogP) is 2.97. The zero-order valence-electron chi connectivity index (χ0n) is 11.7. The molecule has 2 fully saturated rings. The van der Waals surface area contributed by atoms with Crippen molar-refractivity contribution >= 4 is 31.9 Å². The minimum atomic E-state index is 0.162. The van der Waals surface area contributed by atoms with Crippen molar-refractivity contribution in [3.05, 3.63) is 21.0 Å². The van der Waals surface area contributed by atoms with Gasteiger partial charge in [0.1, 0.15) is 5.76 Å². The van der Waals surface area contributed by atoms with E-state index >= 15 is 0 Å². The lowest BCUT2D eigenvalue weighted by molar-refractivity contribution is 0.0230. The third-order valence-electron chi connectivity index (χ3n) is 4.60. The number of fused-ring (bicyclic) bond motifs is 1. The molecular formula is C14H21Br2N3O. The van der Waals surface area contributed by atoms with Gasteiger partial charge in [-0.2, -0.15) is 0 Å². The van der Waals surface area contributed by atoms with E-state index < -0.39 is 0 Å². The molecule has 0 radical (unpaired) electrons. The lowest BCUT2D eigenvalue weighted by Crippen LogP contribution is -2.56. The van der Waals surface area contributed by atoms with Gasteiger partial charge in [-0.3, -0.25) is 9.80 Å². The smallest absolute Gasteiger partial charge is 0.183 e. The Kier molecular flexibility index (Phi) is 4.57. The van der Waals surface area contributed by atoms with Crippen LogP contribution in [0.15, 0.2) is 19.6 Å². The van der Waals surface area contributed by atoms with Gasteiger partial charge in [-0.15, -0.1) is 0 Å². The van der Waals surface area contributed by atoms with Gasteiger partial charge < -0.3 is 10.2 Å². The minimum absolute atomic E-state index is 0.162. The molecule has 0 bridgehead atoms. The Morgan fingerprint density at radius 2 is 2.25 bits per heavy atom. The quantitative estimate of drug-likeness (QED) is 0.837. The van der Waals surface area contributed by atoms with Crippen molar-refractivity contribution in [2.45, 2.75) is 37.9 Å². The molecule has 0 amide bonds. The van der Waals surface area contributed by atoms with Gasteiger partial charge in [0.05, 0.1) is 10.5 Å². The Hall–Kier alpha value is 0.120. The second kappa shape index (κ2) is 6.08. The van der Waals surface area contributed by atoms with E-state index in [1.807, 2.05) is 6.07 Å². The van der Waals surface area contributed by atoms with Crippen molar-refractivity contribution in [2.75, 3.05) is 26.2 Å². The highest BCUT2D eigenvalue weighted by atomic mass is 79.9. The van der Waals surface area contributed by atoms with Gasteiger partial charge in [-0.25, -0.2) is 0 Å². The Balaban J connectivity index is 1.81. The second-order valence-corrected chi connectivity index (χ2v) is 7.43. The number of piperazine rings is 1. The van der Waals surface area contributed by atoms with E-state index in [-0.39, 0.29) is 6.04 Å². The molecule has 2 N–H and O–H groups in total. The van der Waals surface area contributed by atoms with Crippen molar-refractivity contribution in [2.24, 2.45) is 5.73 Å². The largest absolute Gasteiger partial charge is 0.451 e. The number of hydrogen-bond acceptors (Lipinski definition) is 4. The molecule has 2 aliphatic rings. The van der Waals surface area contributed by atoms with Gasteiger partial charge >= 0.3 is 0 Å². The number of nitrogens with zero attached hydrogens (tertiary/aromatic N) is 2. The summed E-state index contributed by atoms with van der Waals surface area (Å²) in [6.07, 6.45) is 2.64. The van der Waals surface area contributed by atoms with E-state index in [0.717, 1.165) is 28.0 Å². The van der Waals surface area contributed by atoms with Crippen LogP contribution in [-0.2, 0) is 0 Å². The summed E-state index contributed by atoms with van der Waals surface area (Å²) in [5.74, 6) is 0.949. The first kappa shape index (κ1) is 15.0. The highest BCUT2D eigenvalue weighted by Gasteiger charge is 2.38. The fourth-order valence-electron chi connectivity index (χ4n) is 3.59. The summed E-state index contributed by atoms with van der Waals surface area (Å²) in [5.41, 5.74) is 6.05. The maximum absolute atomic E-state index is 6.05. The van der Waals surface area contributed by atoms with Crippen LogP contribution >= 0.6 is 31.9 Å². The maximum atomic E-state index is 6.05. The van der Waals surface area contributed by atoms with Crippen molar-refractivity contribution in [3.8, 4) is 0 Å². The summed E-state index contributed by atoms with van der Waals surface area (Å²) in [4.78, 5) is 5.15. The second-order valence-electron chi connectivity index (χ2n) is 5.86. The third kappa shape index (κ3) is 2.73. The van der Waals surface area contributed by atoms with Crippen LogP contribution in [0, 0.1) is 0 Å². The Labute approximate surface area is 136 Å². The molecule has 3 atom stereocenters. The van der Waals surface area contributed by atoms with E-state index in [1.165, 1.54) is 19.4 Å². The zero-order chi connectivity index (χ0) is 14.3. The van der Waals surface area contributed by atoms with Crippen LogP contribution in [0.3, 0.4) is 0 Å². The molecule has 20 heavy (non-hydrogen) atoms. The molecule has 2 saturated heterocycles. The minimum Gasteiger partial charge on any atom is -0.451 e. The molecule has 3 unspecified atom stereocenters. The number of hydrogen-bond donors (Lipinski definition) is 1. The number of nitrogens with two attached hydrogens (primary N) is 1. The number of rotatable bonds is 3. The normalized spacial score (nSPS) is 29.6. The summed E-state index contributed by atoms with van der Waals surface area (Å²) in [5, 5.41) is 0. The van der Waals surface area contributed by atoms with Crippen LogP contribution in [0.5, 0.6) is 0 Å². The van der Waals surface area contributed by atoms with Crippen LogP contribution in [-0.4, -0.2) is 48.1 Å². The number of halogens is 2. The van der Waals surface area contributed by atoms with E-state index in [2.05, 4.69) is 48.6 Å². The fourth-order valence-corrected chi connectivity index (χ4v) is 4.19.